The molecule has 1 heterocycles. The molecule has 0 unspecified atom stereocenters. The SMILES string of the molecule is CC(C)(C)S(=O)(=O)CCCOc1ncc(C(F)(F)F)cn1. The van der Waals surface area contributed by atoms with Crippen molar-refractivity contribution < 1.29 is 26.3 Å². The van der Waals surface area contributed by atoms with Crippen molar-refractivity contribution in [2.75, 3.05) is 12.4 Å². The van der Waals surface area contributed by atoms with Crippen LogP contribution in [0.2, 0.25) is 0 Å². The maximum Gasteiger partial charge on any atom is 0.419 e. The average molecular weight is 326 g/mol. The monoisotopic (exact) mass is 326 g/mol. The normalized spacial score (nSPS) is 13.2. The van der Waals surface area contributed by atoms with Crippen molar-refractivity contribution in [1.82, 2.24) is 9.97 Å². The van der Waals surface area contributed by atoms with E-state index in [4.69, 9.17) is 4.74 Å². The molecule has 0 atom stereocenters. The van der Waals surface area contributed by atoms with Crippen LogP contribution in [-0.2, 0) is 16.0 Å². The molecule has 1 rings (SSSR count). The summed E-state index contributed by atoms with van der Waals surface area (Å²) in [5.74, 6) is -0.0723. The van der Waals surface area contributed by atoms with Crippen LogP contribution in [0.25, 0.3) is 0 Å². The molecule has 1 aromatic heterocycles. The molecule has 0 aliphatic rings. The van der Waals surface area contributed by atoms with Gasteiger partial charge in [-0.15, -0.1) is 0 Å². The molecule has 0 aliphatic heterocycles. The standard InChI is InChI=1S/C12H17F3N2O3S/c1-11(2,3)21(18,19)6-4-5-20-10-16-7-9(8-17-10)12(13,14)15/h7-8H,4-6H2,1-3H3. The molecule has 0 amide bonds. The van der Waals surface area contributed by atoms with Gasteiger partial charge in [0, 0.05) is 12.4 Å². The minimum Gasteiger partial charge on any atom is -0.463 e. The Hall–Kier alpha value is -1.38. The number of nitrogens with zero attached hydrogens (tertiary/aromatic N) is 2. The first kappa shape index (κ1) is 17.7. The molecule has 120 valence electrons. The first-order valence-electron chi connectivity index (χ1n) is 6.18. The highest BCUT2D eigenvalue weighted by Gasteiger charge is 2.31. The molecule has 0 saturated heterocycles. The number of hydrogen-bond donors (Lipinski definition) is 0. The fraction of sp³-hybridized carbons (Fsp3) is 0.667. The topological polar surface area (TPSA) is 69.2 Å². The predicted molar refractivity (Wildman–Crippen MR) is 70.7 cm³/mol. The van der Waals surface area contributed by atoms with Crippen LogP contribution in [-0.4, -0.2) is 35.5 Å². The van der Waals surface area contributed by atoms with E-state index >= 15 is 0 Å². The van der Waals surface area contributed by atoms with E-state index in [0.29, 0.717) is 12.4 Å². The minimum absolute atomic E-state index is 0.0146. The van der Waals surface area contributed by atoms with Crippen molar-refractivity contribution in [3.63, 3.8) is 0 Å². The van der Waals surface area contributed by atoms with Crippen molar-refractivity contribution in [2.24, 2.45) is 0 Å². The molecular weight excluding hydrogens is 309 g/mol. The third kappa shape index (κ3) is 5.14. The first-order chi connectivity index (χ1) is 9.43. The van der Waals surface area contributed by atoms with Gasteiger partial charge in [0.15, 0.2) is 9.84 Å². The van der Waals surface area contributed by atoms with E-state index in [9.17, 15) is 21.6 Å². The molecule has 0 bridgehead atoms. The van der Waals surface area contributed by atoms with Crippen LogP contribution in [0, 0.1) is 0 Å². The maximum atomic E-state index is 12.3. The Morgan fingerprint density at radius 2 is 1.67 bits per heavy atom. The van der Waals surface area contributed by atoms with Crippen LogP contribution in [0.1, 0.15) is 32.8 Å². The smallest absolute Gasteiger partial charge is 0.419 e. The minimum atomic E-state index is -4.50. The molecule has 0 saturated carbocycles. The lowest BCUT2D eigenvalue weighted by Gasteiger charge is -2.18. The number of sulfone groups is 1. The lowest BCUT2D eigenvalue weighted by molar-refractivity contribution is -0.138. The Morgan fingerprint density at radius 3 is 2.10 bits per heavy atom. The Bertz CT molecular complexity index is 563. The summed E-state index contributed by atoms with van der Waals surface area (Å²) in [5.41, 5.74) is -0.967. The largest absolute Gasteiger partial charge is 0.463 e. The second-order valence-electron chi connectivity index (χ2n) is 5.39. The molecule has 0 spiro atoms. The summed E-state index contributed by atoms with van der Waals surface area (Å²) in [6.07, 6.45) is -3.05. The van der Waals surface area contributed by atoms with Gasteiger partial charge in [-0.1, -0.05) is 0 Å². The van der Waals surface area contributed by atoms with Crippen LogP contribution in [0.5, 0.6) is 6.01 Å². The van der Waals surface area contributed by atoms with E-state index in [1.807, 2.05) is 0 Å². The molecule has 9 heteroatoms. The molecule has 0 aliphatic carbocycles. The maximum absolute atomic E-state index is 12.3. The summed E-state index contributed by atoms with van der Waals surface area (Å²) < 4.78 is 64.6. The summed E-state index contributed by atoms with van der Waals surface area (Å²) in [4.78, 5) is 6.85. The molecular formula is C12H17F3N2O3S. The van der Waals surface area contributed by atoms with Crippen LogP contribution in [0.4, 0.5) is 13.2 Å². The number of alkyl halides is 3. The van der Waals surface area contributed by atoms with Crippen LogP contribution < -0.4 is 4.74 Å². The third-order valence-corrected chi connectivity index (χ3v) is 5.37. The summed E-state index contributed by atoms with van der Waals surface area (Å²) in [7, 11) is -3.25. The fourth-order valence-electron chi connectivity index (χ4n) is 1.26. The van der Waals surface area contributed by atoms with Crippen molar-refractivity contribution >= 4 is 9.84 Å². The summed E-state index contributed by atoms with van der Waals surface area (Å²) >= 11 is 0. The van der Waals surface area contributed by atoms with Gasteiger partial charge in [-0.3, -0.25) is 0 Å². The van der Waals surface area contributed by atoms with Crippen molar-refractivity contribution in [1.29, 1.82) is 0 Å². The zero-order valence-electron chi connectivity index (χ0n) is 11.9. The van der Waals surface area contributed by atoms with Gasteiger partial charge in [0.05, 0.1) is 22.7 Å². The quantitative estimate of drug-likeness (QED) is 0.778. The Kier molecular flexibility index (Phi) is 5.19. The summed E-state index contributed by atoms with van der Waals surface area (Å²) in [6, 6.07) is -0.212. The van der Waals surface area contributed by atoms with Crippen molar-refractivity contribution in [3.8, 4) is 6.01 Å². The third-order valence-electron chi connectivity index (χ3n) is 2.68. The van der Waals surface area contributed by atoms with E-state index in [1.54, 1.807) is 20.8 Å². The number of halogens is 3. The number of ether oxygens (including phenoxy) is 1. The second-order valence-corrected chi connectivity index (χ2v) is 8.25. The van der Waals surface area contributed by atoms with Gasteiger partial charge < -0.3 is 4.74 Å². The van der Waals surface area contributed by atoms with Gasteiger partial charge in [0.1, 0.15) is 0 Å². The predicted octanol–water partition coefficient (Wildman–Crippen LogP) is 2.48. The molecule has 0 radical (unpaired) electrons. The number of rotatable bonds is 5. The Labute approximate surface area is 121 Å². The highest BCUT2D eigenvalue weighted by Crippen LogP contribution is 2.28. The molecule has 5 nitrogen and oxygen atoms in total. The van der Waals surface area contributed by atoms with Gasteiger partial charge in [-0.25, -0.2) is 18.4 Å². The summed E-state index contributed by atoms with van der Waals surface area (Å²) in [5, 5.41) is 0. The molecule has 21 heavy (non-hydrogen) atoms. The van der Waals surface area contributed by atoms with E-state index in [1.165, 1.54) is 0 Å². The van der Waals surface area contributed by atoms with Gasteiger partial charge >= 0.3 is 12.2 Å². The van der Waals surface area contributed by atoms with Crippen LogP contribution >= 0.6 is 0 Å². The van der Waals surface area contributed by atoms with Crippen molar-refractivity contribution in [2.45, 2.75) is 38.1 Å². The average Bonchev–Trinajstić information content (AvgIpc) is 2.33. The molecule has 0 fully saturated rings. The van der Waals surface area contributed by atoms with Crippen molar-refractivity contribution in [3.05, 3.63) is 18.0 Å². The Balaban J connectivity index is 2.48. The Morgan fingerprint density at radius 1 is 1.14 bits per heavy atom. The number of aromatic nitrogens is 2. The van der Waals surface area contributed by atoms with Crippen LogP contribution in [0.3, 0.4) is 0 Å². The highest BCUT2D eigenvalue weighted by atomic mass is 32.2. The lowest BCUT2D eigenvalue weighted by atomic mass is 10.3. The number of hydrogen-bond acceptors (Lipinski definition) is 5. The van der Waals surface area contributed by atoms with E-state index in [-0.39, 0.29) is 24.8 Å². The van der Waals surface area contributed by atoms with Gasteiger partial charge in [0.25, 0.3) is 0 Å². The molecule has 0 aromatic carbocycles. The molecule has 1 aromatic rings. The zero-order chi connectivity index (χ0) is 16.3. The van der Waals surface area contributed by atoms with E-state index in [0.717, 1.165) is 0 Å². The van der Waals surface area contributed by atoms with E-state index in [2.05, 4.69) is 9.97 Å². The molecule has 0 N–H and O–H groups in total. The van der Waals surface area contributed by atoms with Gasteiger partial charge in [-0.2, -0.15) is 13.2 Å². The van der Waals surface area contributed by atoms with E-state index < -0.39 is 26.3 Å². The summed E-state index contributed by atoms with van der Waals surface area (Å²) in [6.45, 7) is 4.81. The lowest BCUT2D eigenvalue weighted by Crippen LogP contribution is -2.30. The van der Waals surface area contributed by atoms with Crippen LogP contribution in [0.15, 0.2) is 12.4 Å². The highest BCUT2D eigenvalue weighted by molar-refractivity contribution is 7.92. The second kappa shape index (κ2) is 6.17. The fourth-order valence-corrected chi connectivity index (χ4v) is 2.37. The van der Waals surface area contributed by atoms with Gasteiger partial charge in [-0.05, 0) is 27.2 Å². The first-order valence-corrected chi connectivity index (χ1v) is 7.83. The van der Waals surface area contributed by atoms with Gasteiger partial charge in [0.2, 0.25) is 0 Å². The zero-order valence-corrected chi connectivity index (χ0v) is 12.8.